The molecule has 4 N–H and O–H groups in total. The van der Waals surface area contributed by atoms with Crippen molar-refractivity contribution in [1.29, 1.82) is 0 Å². The molecule has 1 heterocycles. The van der Waals surface area contributed by atoms with Gasteiger partial charge in [-0.3, -0.25) is 9.59 Å². The van der Waals surface area contributed by atoms with Crippen molar-refractivity contribution >= 4 is 17.7 Å². The number of nitrogens with one attached hydrogen (secondary N) is 2. The van der Waals surface area contributed by atoms with E-state index >= 15 is 0 Å². The molecule has 1 amide bonds. The first kappa shape index (κ1) is 27.6. The van der Waals surface area contributed by atoms with Gasteiger partial charge in [0.15, 0.2) is 5.78 Å². The van der Waals surface area contributed by atoms with E-state index in [0.717, 1.165) is 24.1 Å². The summed E-state index contributed by atoms with van der Waals surface area (Å²) in [5.41, 5.74) is 2.87. The lowest BCUT2D eigenvalue weighted by molar-refractivity contribution is 0.0192. The second-order valence-electron chi connectivity index (χ2n) is 9.92. The SMILES string of the molecule is O=C(N[C@@H]1CNCCC[C@H]1OC(=O)c1ccc(C(=O)c2cc(-c3ccccc3)ccc2O)cc1)c1ccc(O)cc1. The molecule has 0 bridgehead atoms. The summed E-state index contributed by atoms with van der Waals surface area (Å²) in [5, 5.41) is 26.1. The Morgan fingerprint density at radius 1 is 0.780 bits per heavy atom. The maximum atomic E-state index is 13.2. The average Bonchev–Trinajstić information content (AvgIpc) is 3.22. The highest BCUT2D eigenvalue weighted by molar-refractivity contribution is 6.11. The molecule has 0 aromatic heterocycles. The van der Waals surface area contributed by atoms with Crippen LogP contribution in [0.1, 0.15) is 49.5 Å². The molecule has 208 valence electrons. The third-order valence-electron chi connectivity index (χ3n) is 7.09. The van der Waals surface area contributed by atoms with Crippen LogP contribution in [0.3, 0.4) is 0 Å². The second-order valence-corrected chi connectivity index (χ2v) is 9.92. The lowest BCUT2D eigenvalue weighted by Crippen LogP contribution is -2.49. The van der Waals surface area contributed by atoms with Crippen LogP contribution in [-0.4, -0.2) is 53.1 Å². The number of amides is 1. The van der Waals surface area contributed by atoms with E-state index in [4.69, 9.17) is 4.74 Å². The maximum absolute atomic E-state index is 13.2. The monoisotopic (exact) mass is 550 g/mol. The summed E-state index contributed by atoms with van der Waals surface area (Å²) in [4.78, 5) is 39.1. The van der Waals surface area contributed by atoms with E-state index in [-0.39, 0.29) is 34.3 Å². The van der Waals surface area contributed by atoms with Crippen molar-refractivity contribution in [3.05, 3.63) is 119 Å². The summed E-state index contributed by atoms with van der Waals surface area (Å²) in [6.07, 6.45) is 0.771. The molecule has 0 radical (unpaired) electrons. The van der Waals surface area contributed by atoms with Gasteiger partial charge in [0.05, 0.1) is 17.2 Å². The topological polar surface area (TPSA) is 125 Å². The number of carbonyl (C=O) groups is 3. The van der Waals surface area contributed by atoms with Gasteiger partial charge in [-0.25, -0.2) is 4.79 Å². The number of aromatic hydroxyl groups is 2. The van der Waals surface area contributed by atoms with E-state index in [1.165, 1.54) is 54.6 Å². The van der Waals surface area contributed by atoms with Gasteiger partial charge in [-0.1, -0.05) is 48.5 Å². The minimum Gasteiger partial charge on any atom is -0.508 e. The van der Waals surface area contributed by atoms with Crippen molar-refractivity contribution in [3.8, 4) is 22.6 Å². The van der Waals surface area contributed by atoms with Crippen LogP contribution in [-0.2, 0) is 4.74 Å². The second kappa shape index (κ2) is 12.5. The molecule has 0 saturated carbocycles. The first-order valence-corrected chi connectivity index (χ1v) is 13.4. The zero-order chi connectivity index (χ0) is 28.8. The van der Waals surface area contributed by atoms with Gasteiger partial charge in [0.2, 0.25) is 0 Å². The summed E-state index contributed by atoms with van der Waals surface area (Å²) < 4.78 is 5.84. The molecule has 8 nitrogen and oxygen atoms in total. The van der Waals surface area contributed by atoms with Crippen LogP contribution < -0.4 is 10.6 Å². The molecular formula is C33H30N2O6. The first-order chi connectivity index (χ1) is 19.9. The molecule has 0 unspecified atom stereocenters. The van der Waals surface area contributed by atoms with Crippen LogP contribution in [0.4, 0.5) is 0 Å². The zero-order valence-electron chi connectivity index (χ0n) is 22.2. The van der Waals surface area contributed by atoms with Crippen LogP contribution in [0.5, 0.6) is 11.5 Å². The van der Waals surface area contributed by atoms with Crippen LogP contribution >= 0.6 is 0 Å². The van der Waals surface area contributed by atoms with Gasteiger partial charge in [-0.15, -0.1) is 0 Å². The van der Waals surface area contributed by atoms with Crippen molar-refractivity contribution < 1.29 is 29.3 Å². The fourth-order valence-electron chi connectivity index (χ4n) is 4.81. The Bertz CT molecular complexity index is 1530. The predicted molar refractivity (Wildman–Crippen MR) is 154 cm³/mol. The minimum absolute atomic E-state index is 0.0645. The Morgan fingerprint density at radius 2 is 1.46 bits per heavy atom. The van der Waals surface area contributed by atoms with Crippen molar-refractivity contribution in [2.24, 2.45) is 0 Å². The fourth-order valence-corrected chi connectivity index (χ4v) is 4.81. The molecule has 4 aromatic rings. The third-order valence-corrected chi connectivity index (χ3v) is 7.09. The Morgan fingerprint density at radius 3 is 2.20 bits per heavy atom. The Labute approximate surface area is 237 Å². The van der Waals surface area contributed by atoms with Gasteiger partial charge in [0.25, 0.3) is 5.91 Å². The molecule has 5 rings (SSSR count). The Hall–Kier alpha value is -4.95. The molecule has 0 spiro atoms. The van der Waals surface area contributed by atoms with Crippen LogP contribution in [0.25, 0.3) is 11.1 Å². The molecule has 1 aliphatic rings. The summed E-state index contributed by atoms with van der Waals surface area (Å²) in [5.74, 6) is -1.32. The highest BCUT2D eigenvalue weighted by Gasteiger charge is 2.29. The molecule has 41 heavy (non-hydrogen) atoms. The third kappa shape index (κ3) is 6.62. The molecule has 1 saturated heterocycles. The van der Waals surface area contributed by atoms with E-state index in [9.17, 15) is 24.6 Å². The highest BCUT2D eigenvalue weighted by Crippen LogP contribution is 2.28. The Kier molecular flexibility index (Phi) is 8.41. The van der Waals surface area contributed by atoms with Gasteiger partial charge in [0, 0.05) is 17.7 Å². The van der Waals surface area contributed by atoms with Crippen LogP contribution in [0, 0.1) is 0 Å². The number of hydrogen-bond donors (Lipinski definition) is 4. The number of rotatable bonds is 7. The van der Waals surface area contributed by atoms with Crippen molar-refractivity contribution in [1.82, 2.24) is 10.6 Å². The maximum Gasteiger partial charge on any atom is 0.338 e. The molecular weight excluding hydrogens is 520 g/mol. The highest BCUT2D eigenvalue weighted by atomic mass is 16.5. The smallest absolute Gasteiger partial charge is 0.338 e. The minimum atomic E-state index is -0.561. The molecule has 4 aromatic carbocycles. The number of ketones is 1. The zero-order valence-corrected chi connectivity index (χ0v) is 22.2. The fraction of sp³-hybridized carbons (Fsp3) is 0.182. The van der Waals surface area contributed by atoms with E-state index < -0.39 is 18.1 Å². The van der Waals surface area contributed by atoms with Gasteiger partial charge < -0.3 is 25.6 Å². The number of phenols is 2. The van der Waals surface area contributed by atoms with Crippen molar-refractivity contribution in [2.75, 3.05) is 13.1 Å². The number of esters is 1. The van der Waals surface area contributed by atoms with Gasteiger partial charge in [-0.05, 0) is 79.0 Å². The molecule has 8 heteroatoms. The van der Waals surface area contributed by atoms with E-state index in [2.05, 4.69) is 10.6 Å². The van der Waals surface area contributed by atoms with Gasteiger partial charge in [0.1, 0.15) is 17.6 Å². The van der Waals surface area contributed by atoms with Crippen LogP contribution in [0.15, 0.2) is 97.1 Å². The molecule has 0 aliphatic carbocycles. The molecule has 1 aliphatic heterocycles. The van der Waals surface area contributed by atoms with Crippen molar-refractivity contribution in [2.45, 2.75) is 25.0 Å². The molecule has 1 fully saturated rings. The molecule has 2 atom stereocenters. The lowest BCUT2D eigenvalue weighted by atomic mass is 9.97. The standard InChI is InChI=1S/C33H30N2O6/c36-26-15-12-23(13-16-26)32(39)35-28-20-34-18-4-7-30(28)41-33(40)24-10-8-22(9-11-24)31(38)27-19-25(14-17-29(27)37)21-5-2-1-3-6-21/h1-3,5-6,8-17,19,28,30,34,36-37H,4,7,18,20H2,(H,35,39)/t28-,30-/m1/s1. The lowest BCUT2D eigenvalue weighted by Gasteiger charge is -2.26. The van der Waals surface area contributed by atoms with E-state index in [1.54, 1.807) is 12.1 Å². The number of carbonyl (C=O) groups excluding carboxylic acids is 3. The largest absolute Gasteiger partial charge is 0.508 e. The quantitative estimate of drug-likeness (QED) is 0.194. The number of hydrogen-bond acceptors (Lipinski definition) is 7. The predicted octanol–water partition coefficient (Wildman–Crippen LogP) is 4.70. The number of phenolic OH excluding ortho intramolecular Hbond substituents is 2. The van der Waals surface area contributed by atoms with Gasteiger partial charge >= 0.3 is 5.97 Å². The summed E-state index contributed by atoms with van der Waals surface area (Å²) in [6, 6.07) is 26.0. The number of ether oxygens (including phenoxy) is 1. The average molecular weight is 551 g/mol. The normalized spacial score (nSPS) is 16.8. The summed E-state index contributed by atoms with van der Waals surface area (Å²) in [6.45, 7) is 1.16. The van der Waals surface area contributed by atoms with E-state index in [0.29, 0.717) is 24.1 Å². The van der Waals surface area contributed by atoms with Crippen LogP contribution in [0.2, 0.25) is 0 Å². The van der Waals surface area contributed by atoms with Crippen molar-refractivity contribution in [3.63, 3.8) is 0 Å². The number of benzene rings is 4. The summed E-state index contributed by atoms with van der Waals surface area (Å²) >= 11 is 0. The Balaban J connectivity index is 1.28. The first-order valence-electron chi connectivity index (χ1n) is 13.4. The van der Waals surface area contributed by atoms with E-state index in [1.807, 2.05) is 30.3 Å². The summed E-state index contributed by atoms with van der Waals surface area (Å²) in [7, 11) is 0. The van der Waals surface area contributed by atoms with Gasteiger partial charge in [-0.2, -0.15) is 0 Å².